The first kappa shape index (κ1) is 10.5. The smallest absolute Gasteiger partial charge is 0.223 e. The molecule has 2 aliphatic rings. The van der Waals surface area contributed by atoms with Gasteiger partial charge in [-0.1, -0.05) is 19.3 Å². The Morgan fingerprint density at radius 3 is 2.67 bits per heavy atom. The Bertz CT molecular complexity index is 273. The van der Waals surface area contributed by atoms with Gasteiger partial charge in [-0.3, -0.25) is 4.79 Å². The quantitative estimate of drug-likeness (QED) is 0.632. The molecule has 1 aliphatic carbocycles. The van der Waals surface area contributed by atoms with E-state index in [1.165, 1.54) is 32.1 Å². The normalized spacial score (nSPS) is 28.1. The summed E-state index contributed by atoms with van der Waals surface area (Å²) in [6.07, 6.45) is 12.6. The number of hydrogen-bond acceptors (Lipinski definition) is 1. The molecule has 1 unspecified atom stereocenters. The zero-order valence-corrected chi connectivity index (χ0v) is 9.24. The van der Waals surface area contributed by atoms with Gasteiger partial charge in [-0.15, -0.1) is 12.3 Å². The molecular formula is C13H19NO. The predicted octanol–water partition coefficient (Wildman–Crippen LogP) is 2.05. The molecule has 82 valence electrons. The van der Waals surface area contributed by atoms with Crippen LogP contribution in [-0.4, -0.2) is 23.9 Å². The van der Waals surface area contributed by atoms with Gasteiger partial charge in [-0.2, -0.15) is 0 Å². The maximum atomic E-state index is 11.6. The third-order valence-electron chi connectivity index (χ3n) is 3.65. The van der Waals surface area contributed by atoms with Crippen LogP contribution in [0.25, 0.3) is 0 Å². The van der Waals surface area contributed by atoms with E-state index in [2.05, 4.69) is 5.92 Å². The van der Waals surface area contributed by atoms with Crippen LogP contribution in [0.4, 0.5) is 0 Å². The van der Waals surface area contributed by atoms with Crippen LogP contribution < -0.4 is 0 Å². The van der Waals surface area contributed by atoms with Gasteiger partial charge in [-0.25, -0.2) is 0 Å². The molecule has 1 amide bonds. The average molecular weight is 205 g/mol. The number of terminal acetylenes is 1. The molecule has 0 aromatic carbocycles. The van der Waals surface area contributed by atoms with Crippen LogP contribution >= 0.6 is 0 Å². The van der Waals surface area contributed by atoms with Crippen molar-refractivity contribution in [2.45, 2.75) is 38.5 Å². The van der Waals surface area contributed by atoms with E-state index in [-0.39, 0.29) is 11.8 Å². The molecule has 0 aromatic rings. The second-order valence-corrected chi connectivity index (χ2v) is 4.87. The van der Waals surface area contributed by atoms with E-state index < -0.39 is 0 Å². The summed E-state index contributed by atoms with van der Waals surface area (Å²) in [5.74, 6) is 3.87. The van der Waals surface area contributed by atoms with E-state index in [4.69, 9.17) is 6.42 Å². The molecule has 1 saturated heterocycles. The minimum atomic E-state index is 0.168. The molecular weight excluding hydrogens is 186 g/mol. The van der Waals surface area contributed by atoms with Gasteiger partial charge in [0.25, 0.3) is 0 Å². The Kier molecular flexibility index (Phi) is 3.30. The van der Waals surface area contributed by atoms with Gasteiger partial charge in [0.1, 0.15) is 0 Å². The Balaban J connectivity index is 1.84. The van der Waals surface area contributed by atoms with Crippen molar-refractivity contribution in [3.05, 3.63) is 0 Å². The summed E-state index contributed by atoms with van der Waals surface area (Å²) in [6.45, 7) is 1.75. The monoisotopic (exact) mass is 205 g/mol. The highest BCUT2D eigenvalue weighted by Crippen LogP contribution is 2.26. The number of likely N-dealkylation sites (tertiary alicyclic amines) is 1. The lowest BCUT2D eigenvalue weighted by Crippen LogP contribution is -2.31. The summed E-state index contributed by atoms with van der Waals surface area (Å²) in [6, 6.07) is 0. The fourth-order valence-electron chi connectivity index (χ4n) is 2.74. The number of amides is 1. The van der Waals surface area contributed by atoms with Gasteiger partial charge in [0.05, 0.1) is 0 Å². The van der Waals surface area contributed by atoms with E-state index in [9.17, 15) is 4.79 Å². The molecule has 1 heterocycles. The summed E-state index contributed by atoms with van der Waals surface area (Å²) in [5.41, 5.74) is 0. The minimum Gasteiger partial charge on any atom is -0.341 e. The molecule has 2 rings (SSSR count). The maximum Gasteiger partial charge on any atom is 0.223 e. The topological polar surface area (TPSA) is 20.3 Å². The molecule has 1 saturated carbocycles. The number of rotatable bonds is 2. The van der Waals surface area contributed by atoms with Crippen LogP contribution in [0.1, 0.15) is 38.5 Å². The maximum absolute atomic E-state index is 11.6. The van der Waals surface area contributed by atoms with Gasteiger partial charge >= 0.3 is 0 Å². The summed E-state index contributed by atoms with van der Waals surface area (Å²) in [4.78, 5) is 13.6. The molecule has 2 nitrogen and oxygen atoms in total. The van der Waals surface area contributed by atoms with E-state index in [1.54, 1.807) is 0 Å². The number of carbonyl (C=O) groups excluding carboxylic acids is 1. The molecule has 0 radical (unpaired) electrons. The molecule has 2 heteroatoms. The van der Waals surface area contributed by atoms with Crippen molar-refractivity contribution >= 4 is 5.91 Å². The van der Waals surface area contributed by atoms with Crippen LogP contribution in [0.15, 0.2) is 0 Å². The molecule has 0 bridgehead atoms. The van der Waals surface area contributed by atoms with Gasteiger partial charge in [0.15, 0.2) is 0 Å². The zero-order chi connectivity index (χ0) is 10.7. The molecule has 2 fully saturated rings. The van der Waals surface area contributed by atoms with Crippen LogP contribution in [0.3, 0.4) is 0 Å². The first-order valence-corrected chi connectivity index (χ1v) is 6.03. The van der Waals surface area contributed by atoms with Crippen LogP contribution in [0, 0.1) is 24.2 Å². The van der Waals surface area contributed by atoms with Crippen LogP contribution in [-0.2, 0) is 4.79 Å². The molecule has 0 aromatic heterocycles. The fourth-order valence-corrected chi connectivity index (χ4v) is 2.74. The van der Waals surface area contributed by atoms with Crippen LogP contribution in [0.2, 0.25) is 0 Å². The van der Waals surface area contributed by atoms with Crippen molar-refractivity contribution in [2.24, 2.45) is 11.8 Å². The van der Waals surface area contributed by atoms with Crippen molar-refractivity contribution in [3.8, 4) is 12.3 Å². The van der Waals surface area contributed by atoms with E-state index in [0.29, 0.717) is 6.42 Å². The molecule has 0 spiro atoms. The third-order valence-corrected chi connectivity index (χ3v) is 3.65. The SMILES string of the molecule is C#CC1CC(=O)N(CC2CCCCC2)C1. The first-order chi connectivity index (χ1) is 7.29. The highest BCUT2D eigenvalue weighted by atomic mass is 16.2. The standard InChI is InChI=1S/C13H19NO/c1-2-11-8-13(15)14(9-11)10-12-6-4-3-5-7-12/h1,11-12H,3-10H2. The second-order valence-electron chi connectivity index (χ2n) is 4.87. The van der Waals surface area contributed by atoms with Gasteiger partial charge < -0.3 is 4.90 Å². The number of carbonyl (C=O) groups is 1. The molecule has 1 atom stereocenters. The number of hydrogen-bond donors (Lipinski definition) is 0. The lowest BCUT2D eigenvalue weighted by Gasteiger charge is -2.26. The summed E-state index contributed by atoms with van der Waals surface area (Å²) >= 11 is 0. The summed E-state index contributed by atoms with van der Waals surface area (Å²) in [5, 5.41) is 0. The van der Waals surface area contributed by atoms with E-state index in [1.807, 2.05) is 4.90 Å². The van der Waals surface area contributed by atoms with E-state index >= 15 is 0 Å². The van der Waals surface area contributed by atoms with Gasteiger partial charge in [0.2, 0.25) is 5.91 Å². The van der Waals surface area contributed by atoms with Gasteiger partial charge in [-0.05, 0) is 18.8 Å². The Morgan fingerprint density at radius 1 is 1.33 bits per heavy atom. The van der Waals surface area contributed by atoms with Crippen molar-refractivity contribution in [1.29, 1.82) is 0 Å². The lowest BCUT2D eigenvalue weighted by molar-refractivity contribution is -0.128. The minimum absolute atomic E-state index is 0.168. The first-order valence-electron chi connectivity index (χ1n) is 6.03. The molecule has 0 N–H and O–H groups in total. The third kappa shape index (κ3) is 2.53. The van der Waals surface area contributed by atoms with Gasteiger partial charge in [0, 0.05) is 25.4 Å². The summed E-state index contributed by atoms with van der Waals surface area (Å²) in [7, 11) is 0. The van der Waals surface area contributed by atoms with E-state index in [0.717, 1.165) is 19.0 Å². The predicted molar refractivity (Wildman–Crippen MR) is 60.1 cm³/mol. The highest BCUT2D eigenvalue weighted by Gasteiger charge is 2.30. The van der Waals surface area contributed by atoms with Crippen molar-refractivity contribution in [3.63, 3.8) is 0 Å². The summed E-state index contributed by atoms with van der Waals surface area (Å²) < 4.78 is 0. The van der Waals surface area contributed by atoms with Crippen molar-refractivity contribution in [1.82, 2.24) is 4.90 Å². The largest absolute Gasteiger partial charge is 0.341 e. The zero-order valence-electron chi connectivity index (χ0n) is 9.24. The molecule has 15 heavy (non-hydrogen) atoms. The fraction of sp³-hybridized carbons (Fsp3) is 0.769. The number of nitrogens with zero attached hydrogens (tertiary/aromatic N) is 1. The Morgan fingerprint density at radius 2 is 2.07 bits per heavy atom. The van der Waals surface area contributed by atoms with Crippen molar-refractivity contribution < 1.29 is 4.79 Å². The Hall–Kier alpha value is -0.970. The second kappa shape index (κ2) is 4.70. The Labute approximate surface area is 92.0 Å². The lowest BCUT2D eigenvalue weighted by atomic mass is 9.89. The van der Waals surface area contributed by atoms with Crippen LogP contribution in [0.5, 0.6) is 0 Å². The average Bonchev–Trinajstić information content (AvgIpc) is 2.61. The molecule has 1 aliphatic heterocycles. The van der Waals surface area contributed by atoms with Crippen molar-refractivity contribution in [2.75, 3.05) is 13.1 Å². The highest BCUT2D eigenvalue weighted by molar-refractivity contribution is 5.79.